The second kappa shape index (κ2) is 5.13. The Hall–Kier alpha value is -2.31. The highest BCUT2D eigenvalue weighted by molar-refractivity contribution is 5.03. The molecule has 2 atom stereocenters. The van der Waals surface area contributed by atoms with Crippen molar-refractivity contribution >= 4 is 0 Å². The van der Waals surface area contributed by atoms with Gasteiger partial charge < -0.3 is 4.74 Å². The molecule has 8 heteroatoms. The van der Waals surface area contributed by atoms with Crippen molar-refractivity contribution in [3.8, 4) is 0 Å². The molecule has 0 N–H and O–H groups in total. The van der Waals surface area contributed by atoms with Gasteiger partial charge in [0.2, 0.25) is 0 Å². The normalized spacial score (nSPS) is 21.9. The fourth-order valence-electron chi connectivity index (χ4n) is 2.03. The van der Waals surface area contributed by atoms with Crippen LogP contribution in [0.25, 0.3) is 10.4 Å². The molecular formula is C11H13N5O3. The van der Waals surface area contributed by atoms with Crippen LogP contribution >= 0.6 is 0 Å². The van der Waals surface area contributed by atoms with E-state index in [2.05, 4.69) is 16.7 Å². The van der Waals surface area contributed by atoms with E-state index >= 15 is 0 Å². The summed E-state index contributed by atoms with van der Waals surface area (Å²) in [5, 5.41) is 3.11. The fourth-order valence-corrected chi connectivity index (χ4v) is 2.03. The van der Waals surface area contributed by atoms with E-state index in [0.717, 1.165) is 6.42 Å². The van der Waals surface area contributed by atoms with Crippen molar-refractivity contribution in [2.24, 2.45) is 5.22 Å². The molecule has 0 spiro atoms. The smallest absolute Gasteiger partial charge is 0.351 e. The van der Waals surface area contributed by atoms with Crippen LogP contribution in [0.5, 0.6) is 0 Å². The molecule has 1 aromatic heterocycles. The van der Waals surface area contributed by atoms with E-state index in [1.807, 2.05) is 0 Å². The third kappa shape index (κ3) is 2.31. The van der Waals surface area contributed by atoms with Crippen LogP contribution in [0, 0.1) is 6.92 Å². The second-order valence-electron chi connectivity index (χ2n) is 4.24. The van der Waals surface area contributed by atoms with Crippen LogP contribution in [-0.4, -0.2) is 15.3 Å². The van der Waals surface area contributed by atoms with Crippen molar-refractivity contribution in [2.75, 3.05) is 0 Å². The Labute approximate surface area is 108 Å². The first-order chi connectivity index (χ1) is 9.08. The van der Waals surface area contributed by atoms with E-state index in [1.165, 1.54) is 10.8 Å². The highest BCUT2D eigenvalue weighted by atomic mass is 16.5. The second-order valence-corrected chi connectivity index (χ2v) is 4.24. The molecule has 8 nitrogen and oxygen atoms in total. The lowest BCUT2D eigenvalue weighted by Gasteiger charge is -2.14. The number of nitrogens with zero attached hydrogens (tertiary/aromatic N) is 5. The molecule has 0 amide bonds. The summed E-state index contributed by atoms with van der Waals surface area (Å²) in [6, 6.07) is 0. The van der Waals surface area contributed by atoms with E-state index in [0.29, 0.717) is 16.7 Å². The molecule has 0 radical (unpaired) electrons. The maximum atomic E-state index is 12.1. The van der Waals surface area contributed by atoms with Crippen molar-refractivity contribution in [1.29, 1.82) is 0 Å². The average molecular weight is 263 g/mol. The van der Waals surface area contributed by atoms with E-state index in [1.54, 1.807) is 13.0 Å². The summed E-state index contributed by atoms with van der Waals surface area (Å²) in [6.07, 6.45) is 3.88. The zero-order chi connectivity index (χ0) is 14.0. The van der Waals surface area contributed by atoms with Gasteiger partial charge in [0, 0.05) is 6.20 Å². The Balaban J connectivity index is 2.54. The molecule has 0 unspecified atom stereocenters. The number of ether oxygens (including phenoxy) is 1. The molecule has 1 aliphatic rings. The minimum absolute atomic E-state index is 0.114. The summed E-state index contributed by atoms with van der Waals surface area (Å²) >= 11 is 0. The maximum Gasteiger partial charge on any atom is 0.428 e. The molecule has 0 aliphatic carbocycles. The summed E-state index contributed by atoms with van der Waals surface area (Å²) in [5.41, 5.74) is 7.37. The predicted molar refractivity (Wildman–Crippen MR) is 67.6 cm³/mol. The monoisotopic (exact) mass is 263 g/mol. The molecule has 2 rings (SSSR count). The third-order valence-corrected chi connectivity index (χ3v) is 3.00. The van der Waals surface area contributed by atoms with Crippen molar-refractivity contribution in [3.05, 3.63) is 55.7 Å². The number of rotatable bonds is 3. The molecule has 100 valence electrons. The lowest BCUT2D eigenvalue weighted by molar-refractivity contribution is 0.0194. The van der Waals surface area contributed by atoms with Crippen LogP contribution in [0.15, 0.2) is 33.7 Å². The third-order valence-electron chi connectivity index (χ3n) is 3.00. The Morgan fingerprint density at radius 1 is 1.58 bits per heavy atom. The first-order valence-corrected chi connectivity index (χ1v) is 5.76. The molecule has 0 bridgehead atoms. The summed E-state index contributed by atoms with van der Waals surface area (Å²) in [6.45, 7) is 5.18. The SMILES string of the molecule is C=C[C@@H]1CC[C@H](n2cc(C)c(=O)n(N=[N+]=[N-])c2=O)O1. The van der Waals surface area contributed by atoms with Gasteiger partial charge in [-0.2, -0.15) is 4.91 Å². The lowest BCUT2D eigenvalue weighted by Crippen LogP contribution is -2.39. The molecular weight excluding hydrogens is 250 g/mol. The molecule has 0 saturated carbocycles. The molecule has 1 aliphatic heterocycles. The highest BCUT2D eigenvalue weighted by Gasteiger charge is 2.27. The van der Waals surface area contributed by atoms with Crippen LogP contribution in [0.2, 0.25) is 0 Å². The Morgan fingerprint density at radius 2 is 2.32 bits per heavy atom. The van der Waals surface area contributed by atoms with Gasteiger partial charge in [-0.25, -0.2) is 9.59 Å². The van der Waals surface area contributed by atoms with Crippen molar-refractivity contribution < 1.29 is 4.74 Å². The van der Waals surface area contributed by atoms with Gasteiger partial charge in [-0.1, -0.05) is 10.8 Å². The number of aromatic nitrogens is 2. The Bertz CT molecular complexity index is 668. The molecule has 1 fully saturated rings. The quantitative estimate of drug-likeness (QED) is 0.355. The average Bonchev–Trinajstić information content (AvgIpc) is 2.87. The van der Waals surface area contributed by atoms with Gasteiger partial charge in [0.15, 0.2) is 0 Å². The van der Waals surface area contributed by atoms with Gasteiger partial charge in [0.1, 0.15) is 6.23 Å². The van der Waals surface area contributed by atoms with Crippen LogP contribution in [0.1, 0.15) is 24.6 Å². The minimum Gasteiger partial charge on any atom is -0.351 e. The van der Waals surface area contributed by atoms with Gasteiger partial charge in [-0.05, 0) is 25.0 Å². The van der Waals surface area contributed by atoms with Crippen LogP contribution in [0.3, 0.4) is 0 Å². The van der Waals surface area contributed by atoms with Gasteiger partial charge in [0.05, 0.1) is 11.7 Å². The number of hydrogen-bond donors (Lipinski definition) is 0. The summed E-state index contributed by atoms with van der Waals surface area (Å²) < 4.78 is 7.37. The van der Waals surface area contributed by atoms with Crippen molar-refractivity contribution in [2.45, 2.75) is 32.1 Å². The summed E-state index contributed by atoms with van der Waals surface area (Å²) in [5.74, 6) is 0. The first kappa shape index (κ1) is 13.1. The van der Waals surface area contributed by atoms with E-state index < -0.39 is 17.5 Å². The zero-order valence-corrected chi connectivity index (χ0v) is 10.4. The van der Waals surface area contributed by atoms with Gasteiger partial charge >= 0.3 is 11.2 Å². The lowest BCUT2D eigenvalue weighted by atomic mass is 10.2. The Kier molecular flexibility index (Phi) is 3.55. The van der Waals surface area contributed by atoms with Crippen LogP contribution in [-0.2, 0) is 4.74 Å². The molecule has 19 heavy (non-hydrogen) atoms. The Morgan fingerprint density at radius 3 is 2.89 bits per heavy atom. The van der Waals surface area contributed by atoms with Gasteiger partial charge in [-0.15, -0.1) is 12.1 Å². The number of hydrogen-bond acceptors (Lipinski definition) is 4. The maximum absolute atomic E-state index is 12.1. The molecule has 2 heterocycles. The molecule has 1 aromatic rings. The zero-order valence-electron chi connectivity index (χ0n) is 10.4. The summed E-state index contributed by atoms with van der Waals surface area (Å²) in [4.78, 5) is 26.2. The van der Waals surface area contributed by atoms with Crippen LogP contribution < -0.4 is 11.2 Å². The molecule has 0 aromatic carbocycles. The minimum atomic E-state index is -0.705. The fraction of sp³-hybridized carbons (Fsp3) is 0.455. The highest BCUT2D eigenvalue weighted by Crippen LogP contribution is 2.27. The van der Waals surface area contributed by atoms with Gasteiger partial charge in [-0.3, -0.25) is 4.57 Å². The first-order valence-electron chi connectivity index (χ1n) is 5.76. The predicted octanol–water partition coefficient (Wildman–Crippen LogP) is 1.26. The van der Waals surface area contributed by atoms with E-state index in [-0.39, 0.29) is 6.10 Å². The number of aryl methyl sites for hydroxylation is 1. The summed E-state index contributed by atoms with van der Waals surface area (Å²) in [7, 11) is 0. The number of azide groups is 1. The topological polar surface area (TPSA) is 102 Å². The van der Waals surface area contributed by atoms with Gasteiger partial charge in [0.25, 0.3) is 0 Å². The van der Waals surface area contributed by atoms with Crippen molar-refractivity contribution in [3.63, 3.8) is 0 Å². The van der Waals surface area contributed by atoms with E-state index in [9.17, 15) is 9.59 Å². The van der Waals surface area contributed by atoms with Crippen molar-refractivity contribution in [1.82, 2.24) is 9.24 Å². The standard InChI is InChI=1S/C11H13N5O3/c1-3-8-4-5-9(19-8)15-6-7(2)10(17)16(11(15)18)14-13-12/h3,6,8-9H,1,4-5H2,2H3/t8-,9-/m1/s1. The molecule has 1 saturated heterocycles. The largest absolute Gasteiger partial charge is 0.428 e. The van der Waals surface area contributed by atoms with Crippen LogP contribution in [0.4, 0.5) is 0 Å². The van der Waals surface area contributed by atoms with E-state index in [4.69, 9.17) is 10.3 Å².